The molecule has 1 aliphatic heterocycles. The molecule has 0 aliphatic carbocycles. The number of piperazine rings is 1. The van der Waals surface area contributed by atoms with E-state index in [4.69, 9.17) is 23.2 Å². The summed E-state index contributed by atoms with van der Waals surface area (Å²) in [6, 6.07) is 9.91. The molecule has 2 aromatic heterocycles. The van der Waals surface area contributed by atoms with Gasteiger partial charge in [0.25, 0.3) is 5.91 Å². The van der Waals surface area contributed by atoms with Gasteiger partial charge < -0.3 is 9.47 Å². The molecule has 0 spiro atoms. The number of nitrogens with zero attached hydrogens (tertiary/aromatic N) is 4. The SMILES string of the molecule is Cc1cc(C(=O)N2CCN(S(=O)(=O)c3ccc(Cl)c(Cl)c3)CC2)c(C)n1-c1cccnc1. The van der Waals surface area contributed by atoms with Crippen molar-refractivity contribution in [2.45, 2.75) is 18.7 Å². The maximum absolute atomic E-state index is 13.2. The van der Waals surface area contributed by atoms with Crippen molar-refractivity contribution in [1.82, 2.24) is 18.8 Å². The van der Waals surface area contributed by atoms with E-state index in [2.05, 4.69) is 4.98 Å². The topological polar surface area (TPSA) is 75.5 Å². The highest BCUT2D eigenvalue weighted by molar-refractivity contribution is 7.89. The zero-order valence-corrected chi connectivity index (χ0v) is 20.0. The minimum absolute atomic E-state index is 0.0895. The standard InChI is InChI=1S/C22H22Cl2N4O3S/c1-15-12-19(16(2)28(15)17-4-3-7-25-14-17)22(29)26-8-10-27(11-9-26)32(30,31)18-5-6-20(23)21(24)13-18/h3-7,12-14H,8-11H2,1-2H3. The molecule has 0 saturated carbocycles. The minimum atomic E-state index is -3.72. The van der Waals surface area contributed by atoms with E-state index in [1.165, 1.54) is 22.5 Å². The molecule has 0 atom stereocenters. The van der Waals surface area contributed by atoms with Gasteiger partial charge >= 0.3 is 0 Å². The third-order valence-electron chi connectivity index (χ3n) is 5.62. The molecule has 1 amide bonds. The molecule has 0 radical (unpaired) electrons. The van der Waals surface area contributed by atoms with Crippen molar-refractivity contribution >= 4 is 39.1 Å². The van der Waals surface area contributed by atoms with Gasteiger partial charge in [-0.3, -0.25) is 9.78 Å². The average Bonchev–Trinajstić information content (AvgIpc) is 3.09. The quantitative estimate of drug-likeness (QED) is 0.552. The molecular weight excluding hydrogens is 471 g/mol. The number of rotatable bonds is 4. The van der Waals surface area contributed by atoms with Crippen LogP contribution in [0.25, 0.3) is 5.69 Å². The van der Waals surface area contributed by atoms with E-state index in [1.807, 2.05) is 36.6 Å². The fraction of sp³-hybridized carbons (Fsp3) is 0.273. The van der Waals surface area contributed by atoms with Crippen molar-refractivity contribution in [3.63, 3.8) is 0 Å². The molecule has 7 nitrogen and oxygen atoms in total. The van der Waals surface area contributed by atoms with E-state index in [-0.39, 0.29) is 28.9 Å². The van der Waals surface area contributed by atoms with E-state index in [0.717, 1.165) is 17.1 Å². The second-order valence-electron chi connectivity index (χ2n) is 7.60. The summed E-state index contributed by atoms with van der Waals surface area (Å²) in [6.07, 6.45) is 3.45. The van der Waals surface area contributed by atoms with Crippen LogP contribution in [0.3, 0.4) is 0 Å². The fourth-order valence-corrected chi connectivity index (χ4v) is 5.76. The van der Waals surface area contributed by atoms with Crippen molar-refractivity contribution in [1.29, 1.82) is 0 Å². The predicted octanol–water partition coefficient (Wildman–Crippen LogP) is 3.94. The molecule has 1 aromatic carbocycles. The lowest BCUT2D eigenvalue weighted by molar-refractivity contribution is 0.0697. The summed E-state index contributed by atoms with van der Waals surface area (Å²) in [5, 5.41) is 0.482. The lowest BCUT2D eigenvalue weighted by Crippen LogP contribution is -2.50. The van der Waals surface area contributed by atoms with Gasteiger partial charge in [-0.25, -0.2) is 8.42 Å². The maximum Gasteiger partial charge on any atom is 0.255 e. The van der Waals surface area contributed by atoms with Crippen LogP contribution in [-0.4, -0.2) is 59.3 Å². The van der Waals surface area contributed by atoms with Crippen LogP contribution in [0.5, 0.6) is 0 Å². The summed E-state index contributed by atoms with van der Waals surface area (Å²) >= 11 is 11.9. The Bertz CT molecular complexity index is 1270. The van der Waals surface area contributed by atoms with Gasteiger partial charge in [0.05, 0.1) is 32.4 Å². The van der Waals surface area contributed by atoms with Gasteiger partial charge in [-0.05, 0) is 50.2 Å². The van der Waals surface area contributed by atoms with Crippen molar-refractivity contribution in [2.75, 3.05) is 26.2 Å². The first-order chi connectivity index (χ1) is 15.2. The zero-order chi connectivity index (χ0) is 23.0. The molecule has 0 N–H and O–H groups in total. The number of pyridine rings is 1. The summed E-state index contributed by atoms with van der Waals surface area (Å²) in [7, 11) is -3.72. The molecule has 3 aromatic rings. The number of amides is 1. The van der Waals surface area contributed by atoms with Crippen molar-refractivity contribution < 1.29 is 13.2 Å². The third-order valence-corrected chi connectivity index (χ3v) is 8.25. The molecule has 168 valence electrons. The predicted molar refractivity (Wildman–Crippen MR) is 124 cm³/mol. The van der Waals surface area contributed by atoms with Gasteiger partial charge in [0.15, 0.2) is 0 Å². The van der Waals surface area contributed by atoms with E-state index in [0.29, 0.717) is 23.7 Å². The number of carbonyl (C=O) groups excluding carboxylic acids is 1. The van der Waals surface area contributed by atoms with Gasteiger partial charge in [-0.1, -0.05) is 23.2 Å². The first-order valence-corrected chi connectivity index (χ1v) is 12.2. The van der Waals surface area contributed by atoms with E-state index in [9.17, 15) is 13.2 Å². The average molecular weight is 493 g/mol. The Hall–Kier alpha value is -2.39. The molecule has 3 heterocycles. The van der Waals surface area contributed by atoms with Crippen LogP contribution < -0.4 is 0 Å². The van der Waals surface area contributed by atoms with E-state index >= 15 is 0 Å². The monoisotopic (exact) mass is 492 g/mol. The van der Waals surface area contributed by atoms with Crippen LogP contribution in [0.2, 0.25) is 10.0 Å². The van der Waals surface area contributed by atoms with E-state index in [1.54, 1.807) is 17.3 Å². The summed E-state index contributed by atoms with van der Waals surface area (Å²) in [4.78, 5) is 19.2. The first kappa shape index (κ1) is 22.8. The second kappa shape index (κ2) is 8.86. The Kier molecular flexibility index (Phi) is 6.31. The number of hydrogen-bond acceptors (Lipinski definition) is 4. The Morgan fingerprint density at radius 3 is 2.34 bits per heavy atom. The van der Waals surface area contributed by atoms with Crippen LogP contribution >= 0.6 is 23.2 Å². The normalized spacial score (nSPS) is 15.2. The van der Waals surface area contributed by atoms with Crippen LogP contribution in [0.1, 0.15) is 21.7 Å². The van der Waals surface area contributed by atoms with Crippen LogP contribution in [0, 0.1) is 13.8 Å². The molecule has 1 saturated heterocycles. The lowest BCUT2D eigenvalue weighted by Gasteiger charge is -2.34. The summed E-state index contributed by atoms with van der Waals surface area (Å²) in [6.45, 7) is 4.86. The van der Waals surface area contributed by atoms with Gasteiger partial charge in [-0.2, -0.15) is 4.31 Å². The van der Waals surface area contributed by atoms with Crippen LogP contribution in [0.15, 0.2) is 53.7 Å². The summed E-state index contributed by atoms with van der Waals surface area (Å²) < 4.78 is 29.3. The first-order valence-electron chi connectivity index (χ1n) is 10.0. The minimum Gasteiger partial charge on any atom is -0.336 e. The van der Waals surface area contributed by atoms with Gasteiger partial charge in [0.2, 0.25) is 10.0 Å². The Morgan fingerprint density at radius 1 is 1.00 bits per heavy atom. The van der Waals surface area contributed by atoms with Gasteiger partial charge in [-0.15, -0.1) is 0 Å². The van der Waals surface area contributed by atoms with Crippen molar-refractivity contribution in [2.24, 2.45) is 0 Å². The molecule has 1 aliphatic rings. The number of carbonyl (C=O) groups is 1. The molecule has 10 heteroatoms. The highest BCUT2D eigenvalue weighted by Gasteiger charge is 2.31. The number of aromatic nitrogens is 2. The lowest BCUT2D eigenvalue weighted by atomic mass is 10.2. The maximum atomic E-state index is 13.2. The molecular formula is C22H22Cl2N4O3S. The largest absolute Gasteiger partial charge is 0.336 e. The molecule has 0 unspecified atom stereocenters. The van der Waals surface area contributed by atoms with Gasteiger partial charge in [0, 0.05) is 43.8 Å². The number of hydrogen-bond donors (Lipinski definition) is 0. The summed E-state index contributed by atoms with van der Waals surface area (Å²) in [5.74, 6) is -0.111. The zero-order valence-electron chi connectivity index (χ0n) is 17.6. The smallest absolute Gasteiger partial charge is 0.255 e. The highest BCUT2D eigenvalue weighted by atomic mass is 35.5. The Balaban J connectivity index is 1.50. The second-order valence-corrected chi connectivity index (χ2v) is 10.4. The summed E-state index contributed by atoms with van der Waals surface area (Å²) in [5.41, 5.74) is 3.25. The molecule has 32 heavy (non-hydrogen) atoms. The Morgan fingerprint density at radius 2 is 1.72 bits per heavy atom. The van der Waals surface area contributed by atoms with Crippen molar-refractivity contribution in [3.8, 4) is 5.69 Å². The Labute approximate surface area is 197 Å². The number of halogens is 2. The molecule has 4 rings (SSSR count). The fourth-order valence-electron chi connectivity index (χ4n) is 3.95. The number of benzene rings is 1. The molecule has 0 bridgehead atoms. The van der Waals surface area contributed by atoms with Crippen LogP contribution in [0.4, 0.5) is 0 Å². The van der Waals surface area contributed by atoms with Crippen molar-refractivity contribution in [3.05, 3.63) is 75.8 Å². The third kappa shape index (κ3) is 4.15. The van der Waals surface area contributed by atoms with Gasteiger partial charge in [0.1, 0.15) is 0 Å². The number of aryl methyl sites for hydroxylation is 1. The van der Waals surface area contributed by atoms with E-state index < -0.39 is 10.0 Å². The van der Waals surface area contributed by atoms with Crippen LogP contribution in [-0.2, 0) is 10.0 Å². The highest BCUT2D eigenvalue weighted by Crippen LogP contribution is 2.27. The number of sulfonamides is 1. The molecule has 1 fully saturated rings.